The molecule has 2 heterocycles. The van der Waals surface area contributed by atoms with Crippen molar-refractivity contribution < 1.29 is 4.74 Å². The molecule has 0 saturated heterocycles. The first-order valence-corrected chi connectivity index (χ1v) is 8.70. The number of hydrogen-bond acceptors (Lipinski definition) is 4. The molecule has 2 N–H and O–H groups in total. The maximum Gasteiger partial charge on any atom is 0.206 e. The van der Waals surface area contributed by atoms with Crippen molar-refractivity contribution in [1.29, 1.82) is 0 Å². The molecule has 0 saturated carbocycles. The van der Waals surface area contributed by atoms with Crippen molar-refractivity contribution in [3.05, 3.63) is 78.6 Å². The maximum absolute atomic E-state index is 6.02. The average molecular weight is 348 g/mol. The van der Waals surface area contributed by atoms with E-state index in [1.165, 1.54) is 11.9 Å². The van der Waals surface area contributed by atoms with Crippen molar-refractivity contribution in [2.24, 2.45) is 4.99 Å². The fourth-order valence-corrected chi connectivity index (χ4v) is 3.11. The second-order valence-corrected chi connectivity index (χ2v) is 6.21. The van der Waals surface area contributed by atoms with Crippen LogP contribution in [0.3, 0.4) is 0 Å². The number of ether oxygens (including phenoxy) is 1. The van der Waals surface area contributed by atoms with Crippen LogP contribution in [0.5, 0.6) is 11.5 Å². The molecule has 0 spiro atoms. The average Bonchev–Trinajstić information content (AvgIpc) is 2.68. The SMILES string of the molecule is c1ccc(Oc2cccc3c2NC(=NCc2ccccn2)NS3)cc1. The fraction of sp³-hybridized carbons (Fsp3) is 0.0526. The third-order valence-electron chi connectivity index (χ3n) is 3.59. The smallest absolute Gasteiger partial charge is 0.206 e. The monoisotopic (exact) mass is 348 g/mol. The quantitative estimate of drug-likeness (QED) is 0.682. The van der Waals surface area contributed by atoms with Crippen molar-refractivity contribution in [2.75, 3.05) is 5.32 Å². The highest BCUT2D eigenvalue weighted by molar-refractivity contribution is 7.98. The summed E-state index contributed by atoms with van der Waals surface area (Å²) >= 11 is 1.51. The molecule has 0 fully saturated rings. The first-order valence-electron chi connectivity index (χ1n) is 7.89. The molecule has 25 heavy (non-hydrogen) atoms. The number of para-hydroxylation sites is 2. The maximum atomic E-state index is 6.02. The van der Waals surface area contributed by atoms with Gasteiger partial charge in [-0.2, -0.15) is 0 Å². The van der Waals surface area contributed by atoms with Crippen LogP contribution in [0, 0.1) is 0 Å². The third kappa shape index (κ3) is 3.75. The molecular weight excluding hydrogens is 332 g/mol. The molecule has 1 aliphatic rings. The summed E-state index contributed by atoms with van der Waals surface area (Å²) in [5.41, 5.74) is 1.83. The molecule has 3 aromatic rings. The van der Waals surface area contributed by atoms with E-state index in [2.05, 4.69) is 20.0 Å². The van der Waals surface area contributed by atoms with E-state index in [1.807, 2.05) is 66.7 Å². The number of anilines is 1. The summed E-state index contributed by atoms with van der Waals surface area (Å²) < 4.78 is 9.23. The van der Waals surface area contributed by atoms with E-state index in [1.54, 1.807) is 6.20 Å². The summed E-state index contributed by atoms with van der Waals surface area (Å²) in [7, 11) is 0. The van der Waals surface area contributed by atoms with Crippen molar-refractivity contribution in [2.45, 2.75) is 11.4 Å². The third-order valence-corrected chi connectivity index (χ3v) is 4.44. The fourth-order valence-electron chi connectivity index (χ4n) is 2.39. The number of guanidine groups is 1. The van der Waals surface area contributed by atoms with Gasteiger partial charge >= 0.3 is 0 Å². The number of hydrogen-bond donors (Lipinski definition) is 2. The second kappa shape index (κ2) is 7.27. The first-order chi connectivity index (χ1) is 12.4. The Morgan fingerprint density at radius 3 is 2.68 bits per heavy atom. The van der Waals surface area contributed by atoms with Crippen LogP contribution in [0.2, 0.25) is 0 Å². The largest absolute Gasteiger partial charge is 0.455 e. The molecule has 4 rings (SSSR count). The van der Waals surface area contributed by atoms with Crippen molar-refractivity contribution >= 4 is 23.6 Å². The van der Waals surface area contributed by atoms with E-state index in [0.29, 0.717) is 12.5 Å². The molecule has 2 aromatic carbocycles. The Bertz CT molecular complexity index is 884. The van der Waals surface area contributed by atoms with Gasteiger partial charge in [-0.05, 0) is 48.3 Å². The Hall–Kier alpha value is -2.99. The summed E-state index contributed by atoms with van der Waals surface area (Å²) in [6.07, 6.45) is 1.77. The van der Waals surface area contributed by atoms with Crippen LogP contribution in [0.25, 0.3) is 0 Å². The first kappa shape index (κ1) is 15.5. The molecule has 6 heteroatoms. The van der Waals surface area contributed by atoms with Crippen LogP contribution in [0.1, 0.15) is 5.69 Å². The van der Waals surface area contributed by atoms with E-state index < -0.39 is 0 Å². The highest BCUT2D eigenvalue weighted by Gasteiger charge is 2.18. The van der Waals surface area contributed by atoms with Crippen LogP contribution in [-0.4, -0.2) is 10.9 Å². The zero-order valence-corrected chi connectivity index (χ0v) is 14.2. The summed E-state index contributed by atoms with van der Waals surface area (Å²) in [6, 6.07) is 21.5. The van der Waals surface area contributed by atoms with Gasteiger partial charge in [-0.15, -0.1) is 0 Å². The highest BCUT2D eigenvalue weighted by atomic mass is 32.2. The standard InChI is InChI=1S/C19H16N4OS/c1-2-8-15(9-3-1)24-16-10-6-11-17-18(16)22-19(23-25-17)21-13-14-7-4-5-12-20-14/h1-12H,13H2,(H2,21,22,23). The van der Waals surface area contributed by atoms with Crippen LogP contribution in [0.4, 0.5) is 5.69 Å². The topological polar surface area (TPSA) is 58.5 Å². The molecule has 0 radical (unpaired) electrons. The number of aliphatic imine (C=N–C) groups is 1. The second-order valence-electron chi connectivity index (χ2n) is 5.36. The van der Waals surface area contributed by atoms with Crippen LogP contribution < -0.4 is 14.8 Å². The van der Waals surface area contributed by atoms with Gasteiger partial charge < -0.3 is 10.1 Å². The molecule has 0 unspecified atom stereocenters. The predicted molar refractivity (Wildman–Crippen MR) is 101 cm³/mol. The number of pyridine rings is 1. The molecule has 5 nitrogen and oxygen atoms in total. The molecule has 0 aliphatic carbocycles. The van der Waals surface area contributed by atoms with Gasteiger partial charge in [-0.1, -0.05) is 30.3 Å². The highest BCUT2D eigenvalue weighted by Crippen LogP contribution is 2.38. The van der Waals surface area contributed by atoms with Crippen molar-refractivity contribution in [1.82, 2.24) is 9.71 Å². The molecule has 0 amide bonds. The number of aromatic nitrogens is 1. The van der Waals surface area contributed by atoms with E-state index in [9.17, 15) is 0 Å². The molecule has 0 atom stereocenters. The van der Waals surface area contributed by atoms with E-state index in [0.717, 1.165) is 27.8 Å². The molecule has 0 bridgehead atoms. The zero-order chi connectivity index (χ0) is 16.9. The van der Waals surface area contributed by atoms with Gasteiger partial charge in [-0.3, -0.25) is 9.71 Å². The predicted octanol–water partition coefficient (Wildman–Crippen LogP) is 4.45. The number of rotatable bonds is 4. The Kier molecular flexibility index (Phi) is 4.52. The van der Waals surface area contributed by atoms with E-state index in [-0.39, 0.29) is 0 Å². The van der Waals surface area contributed by atoms with E-state index in [4.69, 9.17) is 4.74 Å². The Morgan fingerprint density at radius 2 is 1.84 bits per heavy atom. The molecule has 1 aliphatic heterocycles. The zero-order valence-electron chi connectivity index (χ0n) is 13.3. The lowest BCUT2D eigenvalue weighted by atomic mass is 10.3. The lowest BCUT2D eigenvalue weighted by molar-refractivity contribution is 0.483. The van der Waals surface area contributed by atoms with Crippen LogP contribution in [0.15, 0.2) is 82.8 Å². The van der Waals surface area contributed by atoms with Crippen molar-refractivity contribution in [3.63, 3.8) is 0 Å². The Balaban J connectivity index is 1.55. The minimum atomic E-state index is 0.508. The van der Waals surface area contributed by atoms with Gasteiger partial charge in [0.15, 0.2) is 5.75 Å². The van der Waals surface area contributed by atoms with Gasteiger partial charge in [0.2, 0.25) is 5.96 Å². The van der Waals surface area contributed by atoms with Crippen molar-refractivity contribution in [3.8, 4) is 11.5 Å². The lowest BCUT2D eigenvalue weighted by Crippen LogP contribution is -2.29. The lowest BCUT2D eigenvalue weighted by Gasteiger charge is -2.22. The van der Waals surface area contributed by atoms with E-state index >= 15 is 0 Å². The Morgan fingerprint density at radius 1 is 0.960 bits per heavy atom. The minimum Gasteiger partial charge on any atom is -0.455 e. The van der Waals surface area contributed by atoms with Gasteiger partial charge in [0.25, 0.3) is 0 Å². The molecule has 124 valence electrons. The summed E-state index contributed by atoms with van der Waals surface area (Å²) in [4.78, 5) is 9.90. The summed E-state index contributed by atoms with van der Waals surface area (Å²) in [5.74, 6) is 2.25. The molecule has 1 aromatic heterocycles. The van der Waals surface area contributed by atoms with Crippen LogP contribution >= 0.6 is 11.9 Å². The Labute approximate surface area is 150 Å². The number of nitrogens with one attached hydrogen (secondary N) is 2. The van der Waals surface area contributed by atoms with Gasteiger partial charge in [0.05, 0.1) is 22.8 Å². The van der Waals surface area contributed by atoms with Gasteiger partial charge in [-0.25, -0.2) is 4.99 Å². The van der Waals surface area contributed by atoms with Gasteiger partial charge in [0.1, 0.15) is 5.75 Å². The van der Waals surface area contributed by atoms with Crippen LogP contribution in [-0.2, 0) is 6.54 Å². The number of nitrogens with zero attached hydrogens (tertiary/aromatic N) is 2. The normalized spacial score (nSPS) is 14.3. The summed E-state index contributed by atoms with van der Waals surface area (Å²) in [5, 5.41) is 3.32. The molecular formula is C19H16N4OS. The summed E-state index contributed by atoms with van der Waals surface area (Å²) in [6.45, 7) is 0.508. The number of benzene rings is 2. The number of fused-ring (bicyclic) bond motifs is 1. The van der Waals surface area contributed by atoms with Gasteiger partial charge in [0, 0.05) is 6.20 Å². The minimum absolute atomic E-state index is 0.508.